The summed E-state index contributed by atoms with van der Waals surface area (Å²) in [5.41, 5.74) is 3.35. The SMILES string of the molecule is CC(C)Oc1ccc(-n2cnnn2)cc1CN[C@H]1CCCN[C@H]1c1ccccc1.Cl.Cl. The molecule has 1 aromatic heterocycles. The molecule has 2 heterocycles. The Labute approximate surface area is 195 Å². The highest BCUT2D eigenvalue weighted by atomic mass is 35.5. The van der Waals surface area contributed by atoms with E-state index in [1.165, 1.54) is 12.0 Å². The van der Waals surface area contributed by atoms with Crippen LogP contribution < -0.4 is 15.4 Å². The largest absolute Gasteiger partial charge is 0.491 e. The standard InChI is InChI=1S/C22H28N6O.2ClH/c1-16(2)29-21-11-10-19(28-15-25-26-27-28)13-18(21)14-24-20-9-6-12-23-22(20)17-7-4-3-5-8-17;;/h3-5,7-8,10-11,13,15-16,20,22-24H,6,9,12,14H2,1-2H3;2*1H/t20-,22-;;/m0../s1. The van der Waals surface area contributed by atoms with E-state index >= 15 is 0 Å². The van der Waals surface area contributed by atoms with Crippen LogP contribution in [0.25, 0.3) is 5.69 Å². The van der Waals surface area contributed by atoms with Gasteiger partial charge in [0.1, 0.15) is 12.1 Å². The second kappa shape index (κ2) is 12.0. The van der Waals surface area contributed by atoms with Gasteiger partial charge in [-0.15, -0.1) is 29.9 Å². The average molecular weight is 465 g/mol. The number of piperidine rings is 1. The zero-order valence-electron chi connectivity index (χ0n) is 17.8. The molecule has 0 amide bonds. The molecule has 1 fully saturated rings. The van der Waals surface area contributed by atoms with Crippen molar-refractivity contribution in [3.8, 4) is 11.4 Å². The van der Waals surface area contributed by atoms with E-state index in [1.807, 2.05) is 26.0 Å². The molecule has 0 spiro atoms. The lowest BCUT2D eigenvalue weighted by atomic mass is 9.92. The third kappa shape index (κ3) is 6.40. The highest BCUT2D eigenvalue weighted by molar-refractivity contribution is 5.85. The minimum atomic E-state index is 0. The predicted octanol–water partition coefficient (Wildman–Crippen LogP) is 3.88. The van der Waals surface area contributed by atoms with Gasteiger partial charge in [-0.2, -0.15) is 0 Å². The lowest BCUT2D eigenvalue weighted by molar-refractivity contribution is 0.238. The average Bonchev–Trinajstić information content (AvgIpc) is 3.28. The van der Waals surface area contributed by atoms with Gasteiger partial charge in [0.2, 0.25) is 0 Å². The van der Waals surface area contributed by atoms with Gasteiger partial charge in [0.15, 0.2) is 0 Å². The van der Waals surface area contributed by atoms with Crippen LogP contribution in [0.15, 0.2) is 54.9 Å². The van der Waals surface area contributed by atoms with Crippen molar-refractivity contribution >= 4 is 24.8 Å². The Balaban J connectivity index is 0.00000171. The first-order chi connectivity index (χ1) is 14.2. The number of tetrazole rings is 1. The Hall–Kier alpha value is -2.19. The number of ether oxygens (including phenoxy) is 1. The monoisotopic (exact) mass is 464 g/mol. The van der Waals surface area contributed by atoms with E-state index in [0.29, 0.717) is 18.6 Å². The van der Waals surface area contributed by atoms with Crippen LogP contribution in [0.4, 0.5) is 0 Å². The lowest BCUT2D eigenvalue weighted by Crippen LogP contribution is -2.45. The quantitative estimate of drug-likeness (QED) is 0.552. The third-order valence-corrected chi connectivity index (χ3v) is 5.19. The molecule has 7 nitrogen and oxygen atoms in total. The summed E-state index contributed by atoms with van der Waals surface area (Å²) >= 11 is 0. The van der Waals surface area contributed by atoms with E-state index in [0.717, 1.165) is 30.0 Å². The summed E-state index contributed by atoms with van der Waals surface area (Å²) in [5.74, 6) is 0.893. The van der Waals surface area contributed by atoms with Gasteiger partial charge < -0.3 is 15.4 Å². The molecule has 168 valence electrons. The Morgan fingerprint density at radius 3 is 2.68 bits per heavy atom. The number of hydrogen-bond acceptors (Lipinski definition) is 6. The van der Waals surface area contributed by atoms with Crippen molar-refractivity contribution in [2.24, 2.45) is 0 Å². The zero-order chi connectivity index (χ0) is 20.1. The van der Waals surface area contributed by atoms with Crippen molar-refractivity contribution in [3.05, 3.63) is 66.0 Å². The summed E-state index contributed by atoms with van der Waals surface area (Å²) in [6.07, 6.45) is 4.02. The number of aromatic nitrogens is 4. The molecule has 2 aromatic carbocycles. The molecule has 0 aliphatic carbocycles. The molecule has 0 bridgehead atoms. The molecule has 1 saturated heterocycles. The van der Waals surface area contributed by atoms with Gasteiger partial charge in [0.25, 0.3) is 0 Å². The number of halogens is 2. The molecule has 4 rings (SSSR count). The summed E-state index contributed by atoms with van der Waals surface area (Å²) in [6, 6.07) is 17.4. The number of nitrogens with zero attached hydrogens (tertiary/aromatic N) is 4. The predicted molar refractivity (Wildman–Crippen MR) is 126 cm³/mol. The maximum atomic E-state index is 6.05. The number of hydrogen-bond donors (Lipinski definition) is 2. The molecule has 31 heavy (non-hydrogen) atoms. The molecule has 0 saturated carbocycles. The van der Waals surface area contributed by atoms with Crippen molar-refractivity contribution < 1.29 is 4.74 Å². The Kier molecular flexibility index (Phi) is 9.71. The third-order valence-electron chi connectivity index (χ3n) is 5.19. The van der Waals surface area contributed by atoms with E-state index in [1.54, 1.807) is 11.0 Å². The van der Waals surface area contributed by atoms with E-state index < -0.39 is 0 Å². The smallest absolute Gasteiger partial charge is 0.143 e. The number of rotatable bonds is 7. The van der Waals surface area contributed by atoms with Crippen LogP contribution in [0.3, 0.4) is 0 Å². The molecule has 1 aliphatic rings. The summed E-state index contributed by atoms with van der Waals surface area (Å²) in [5, 5.41) is 18.9. The zero-order valence-corrected chi connectivity index (χ0v) is 19.4. The normalized spacial score (nSPS) is 18.2. The van der Waals surface area contributed by atoms with Crippen LogP contribution in [0, 0.1) is 0 Å². The lowest BCUT2D eigenvalue weighted by Gasteiger charge is -2.34. The van der Waals surface area contributed by atoms with Gasteiger partial charge >= 0.3 is 0 Å². The first kappa shape index (κ1) is 25.1. The first-order valence-corrected chi connectivity index (χ1v) is 10.3. The Morgan fingerprint density at radius 2 is 1.97 bits per heavy atom. The van der Waals surface area contributed by atoms with E-state index in [-0.39, 0.29) is 30.9 Å². The van der Waals surface area contributed by atoms with Crippen molar-refractivity contribution in [3.63, 3.8) is 0 Å². The fourth-order valence-electron chi connectivity index (χ4n) is 3.85. The van der Waals surface area contributed by atoms with E-state index in [2.05, 4.69) is 62.6 Å². The molecular weight excluding hydrogens is 435 g/mol. The number of benzene rings is 2. The maximum Gasteiger partial charge on any atom is 0.143 e. The van der Waals surface area contributed by atoms with E-state index in [9.17, 15) is 0 Å². The van der Waals surface area contributed by atoms with Crippen LogP contribution >= 0.6 is 24.8 Å². The Morgan fingerprint density at radius 1 is 1.16 bits per heavy atom. The van der Waals surface area contributed by atoms with Gasteiger partial charge in [-0.05, 0) is 67.4 Å². The molecular formula is C22H30Cl2N6O. The van der Waals surface area contributed by atoms with Gasteiger partial charge in [-0.1, -0.05) is 30.3 Å². The molecule has 2 atom stereocenters. The van der Waals surface area contributed by atoms with Gasteiger partial charge in [-0.25, -0.2) is 4.68 Å². The highest BCUT2D eigenvalue weighted by Crippen LogP contribution is 2.26. The van der Waals surface area contributed by atoms with Gasteiger partial charge in [0, 0.05) is 24.2 Å². The van der Waals surface area contributed by atoms with Gasteiger partial charge in [-0.3, -0.25) is 0 Å². The second-order valence-corrected chi connectivity index (χ2v) is 7.69. The molecule has 0 radical (unpaired) electrons. The summed E-state index contributed by atoms with van der Waals surface area (Å²) in [4.78, 5) is 0. The maximum absolute atomic E-state index is 6.05. The minimum absolute atomic E-state index is 0. The Bertz CT molecular complexity index is 908. The van der Waals surface area contributed by atoms with Gasteiger partial charge in [0.05, 0.1) is 11.8 Å². The van der Waals surface area contributed by atoms with Crippen molar-refractivity contribution in [1.29, 1.82) is 0 Å². The first-order valence-electron chi connectivity index (χ1n) is 10.3. The summed E-state index contributed by atoms with van der Waals surface area (Å²) in [6.45, 7) is 5.85. The van der Waals surface area contributed by atoms with Crippen LogP contribution in [-0.4, -0.2) is 38.9 Å². The summed E-state index contributed by atoms with van der Waals surface area (Å²) in [7, 11) is 0. The fourth-order valence-corrected chi connectivity index (χ4v) is 3.85. The molecule has 3 aromatic rings. The molecule has 9 heteroatoms. The van der Waals surface area contributed by atoms with Crippen molar-refractivity contribution in [2.75, 3.05) is 6.54 Å². The van der Waals surface area contributed by atoms with Crippen molar-refractivity contribution in [2.45, 2.75) is 51.4 Å². The van der Waals surface area contributed by atoms with E-state index in [4.69, 9.17) is 4.74 Å². The summed E-state index contributed by atoms with van der Waals surface area (Å²) < 4.78 is 7.72. The van der Waals surface area contributed by atoms with Crippen LogP contribution in [0.1, 0.15) is 43.9 Å². The molecule has 1 aliphatic heterocycles. The van der Waals surface area contributed by atoms with Crippen molar-refractivity contribution in [1.82, 2.24) is 30.8 Å². The second-order valence-electron chi connectivity index (χ2n) is 7.69. The van der Waals surface area contributed by atoms with Crippen LogP contribution in [0.2, 0.25) is 0 Å². The number of nitrogens with one attached hydrogen (secondary N) is 2. The molecule has 2 N–H and O–H groups in total. The minimum Gasteiger partial charge on any atom is -0.491 e. The van der Waals surface area contributed by atoms with Crippen LogP contribution in [0.5, 0.6) is 5.75 Å². The topological polar surface area (TPSA) is 76.9 Å². The molecule has 0 unspecified atom stereocenters. The highest BCUT2D eigenvalue weighted by Gasteiger charge is 2.26. The fraction of sp³-hybridized carbons (Fsp3) is 0.409. The van der Waals surface area contributed by atoms with Crippen LogP contribution in [-0.2, 0) is 6.54 Å².